The SMILES string of the molecule is CCOc1ccc(CN2CCN(c3cnn(C)c3)CC2)cc1OCC. The molecule has 0 atom stereocenters. The van der Waals surface area contributed by atoms with Gasteiger partial charge in [-0.15, -0.1) is 0 Å². The summed E-state index contributed by atoms with van der Waals surface area (Å²) in [6, 6.07) is 6.28. The Morgan fingerprint density at radius 1 is 1.00 bits per heavy atom. The Labute approximate surface area is 149 Å². The van der Waals surface area contributed by atoms with Crippen LogP contribution < -0.4 is 14.4 Å². The van der Waals surface area contributed by atoms with Gasteiger partial charge in [-0.3, -0.25) is 9.58 Å². The fraction of sp³-hybridized carbons (Fsp3) is 0.526. The van der Waals surface area contributed by atoms with Gasteiger partial charge in [-0.05, 0) is 31.5 Å². The van der Waals surface area contributed by atoms with Crippen molar-refractivity contribution < 1.29 is 9.47 Å². The molecule has 25 heavy (non-hydrogen) atoms. The highest BCUT2D eigenvalue weighted by molar-refractivity contribution is 5.44. The molecule has 1 fully saturated rings. The molecule has 0 radical (unpaired) electrons. The second-order valence-electron chi connectivity index (χ2n) is 6.28. The summed E-state index contributed by atoms with van der Waals surface area (Å²) in [6.07, 6.45) is 4.02. The smallest absolute Gasteiger partial charge is 0.161 e. The second-order valence-corrected chi connectivity index (χ2v) is 6.28. The summed E-state index contributed by atoms with van der Waals surface area (Å²) in [5, 5.41) is 4.26. The molecule has 1 aromatic carbocycles. The first-order chi connectivity index (χ1) is 12.2. The van der Waals surface area contributed by atoms with Crippen LogP contribution in [-0.2, 0) is 13.6 Å². The maximum atomic E-state index is 5.74. The first kappa shape index (κ1) is 17.6. The molecular formula is C19H28N4O2. The van der Waals surface area contributed by atoms with E-state index in [0.717, 1.165) is 44.2 Å². The number of benzene rings is 1. The summed E-state index contributed by atoms with van der Waals surface area (Å²) in [4.78, 5) is 4.88. The van der Waals surface area contributed by atoms with Gasteiger partial charge in [-0.1, -0.05) is 6.07 Å². The van der Waals surface area contributed by atoms with Crippen molar-refractivity contribution in [3.05, 3.63) is 36.2 Å². The van der Waals surface area contributed by atoms with Crippen molar-refractivity contribution in [1.82, 2.24) is 14.7 Å². The Morgan fingerprint density at radius 3 is 2.36 bits per heavy atom. The molecule has 6 nitrogen and oxygen atoms in total. The van der Waals surface area contributed by atoms with Crippen LogP contribution >= 0.6 is 0 Å². The van der Waals surface area contributed by atoms with Crippen LogP contribution in [0.25, 0.3) is 0 Å². The Kier molecular flexibility index (Phi) is 5.81. The third-order valence-corrected chi connectivity index (χ3v) is 4.44. The van der Waals surface area contributed by atoms with Gasteiger partial charge in [0, 0.05) is 46.0 Å². The van der Waals surface area contributed by atoms with Crippen molar-refractivity contribution in [2.24, 2.45) is 7.05 Å². The van der Waals surface area contributed by atoms with Crippen LogP contribution in [0.2, 0.25) is 0 Å². The molecule has 0 N–H and O–H groups in total. The number of ether oxygens (including phenoxy) is 2. The lowest BCUT2D eigenvalue weighted by Crippen LogP contribution is -2.45. The van der Waals surface area contributed by atoms with Gasteiger partial charge in [0.25, 0.3) is 0 Å². The molecule has 0 bridgehead atoms. The summed E-state index contributed by atoms with van der Waals surface area (Å²) < 4.78 is 13.2. The van der Waals surface area contributed by atoms with Crippen LogP contribution in [0.15, 0.2) is 30.6 Å². The molecule has 0 aliphatic carbocycles. The van der Waals surface area contributed by atoms with Crippen LogP contribution in [0.3, 0.4) is 0 Å². The Bertz CT molecular complexity index is 678. The Balaban J connectivity index is 1.59. The fourth-order valence-corrected chi connectivity index (χ4v) is 3.19. The zero-order chi connectivity index (χ0) is 17.6. The number of hydrogen-bond donors (Lipinski definition) is 0. The van der Waals surface area contributed by atoms with E-state index in [0.29, 0.717) is 13.2 Å². The topological polar surface area (TPSA) is 42.8 Å². The molecule has 1 saturated heterocycles. The number of aromatic nitrogens is 2. The van der Waals surface area contributed by atoms with Crippen LogP contribution in [0.1, 0.15) is 19.4 Å². The number of anilines is 1. The number of hydrogen-bond acceptors (Lipinski definition) is 5. The number of nitrogens with zero attached hydrogens (tertiary/aromatic N) is 4. The second kappa shape index (κ2) is 8.25. The van der Waals surface area contributed by atoms with Gasteiger partial charge < -0.3 is 14.4 Å². The summed E-state index contributed by atoms with van der Waals surface area (Å²) in [5.74, 6) is 1.67. The summed E-state index contributed by atoms with van der Waals surface area (Å²) >= 11 is 0. The molecule has 2 heterocycles. The van der Waals surface area contributed by atoms with Crippen LogP contribution in [0.4, 0.5) is 5.69 Å². The minimum atomic E-state index is 0.646. The standard InChI is InChI=1S/C19H28N4O2/c1-4-24-18-7-6-16(12-19(18)25-5-2)14-22-8-10-23(11-9-22)17-13-20-21(3)15-17/h6-7,12-13,15H,4-5,8-11,14H2,1-3H3. The van der Waals surface area contributed by atoms with Crippen molar-refractivity contribution in [1.29, 1.82) is 0 Å². The molecule has 0 unspecified atom stereocenters. The Hall–Kier alpha value is -2.21. The molecule has 136 valence electrons. The minimum absolute atomic E-state index is 0.646. The summed E-state index contributed by atoms with van der Waals surface area (Å²) in [5.41, 5.74) is 2.48. The van der Waals surface area contributed by atoms with Crippen LogP contribution in [-0.4, -0.2) is 54.1 Å². The fourth-order valence-electron chi connectivity index (χ4n) is 3.19. The minimum Gasteiger partial charge on any atom is -0.490 e. The van der Waals surface area contributed by atoms with Gasteiger partial charge in [-0.25, -0.2) is 0 Å². The van der Waals surface area contributed by atoms with Gasteiger partial charge in [0.1, 0.15) is 0 Å². The largest absolute Gasteiger partial charge is 0.490 e. The maximum absolute atomic E-state index is 5.74. The first-order valence-electron chi connectivity index (χ1n) is 9.04. The van der Waals surface area contributed by atoms with E-state index in [-0.39, 0.29) is 0 Å². The molecule has 6 heteroatoms. The zero-order valence-electron chi connectivity index (χ0n) is 15.4. The van der Waals surface area contributed by atoms with E-state index in [4.69, 9.17) is 9.47 Å². The average molecular weight is 344 g/mol. The normalized spacial score (nSPS) is 15.4. The van der Waals surface area contributed by atoms with Crippen molar-refractivity contribution in [2.75, 3.05) is 44.3 Å². The van der Waals surface area contributed by atoms with E-state index in [1.54, 1.807) is 0 Å². The molecule has 1 aliphatic heterocycles. The van der Waals surface area contributed by atoms with Crippen molar-refractivity contribution in [3.63, 3.8) is 0 Å². The number of aryl methyl sites for hydroxylation is 1. The predicted molar refractivity (Wildman–Crippen MR) is 99.5 cm³/mol. The molecule has 3 rings (SSSR count). The highest BCUT2D eigenvalue weighted by Gasteiger charge is 2.18. The van der Waals surface area contributed by atoms with Gasteiger partial charge in [0.2, 0.25) is 0 Å². The van der Waals surface area contributed by atoms with Crippen molar-refractivity contribution >= 4 is 5.69 Å². The van der Waals surface area contributed by atoms with E-state index in [1.807, 2.05) is 37.8 Å². The van der Waals surface area contributed by atoms with Gasteiger partial charge in [0.05, 0.1) is 25.1 Å². The van der Waals surface area contributed by atoms with Crippen LogP contribution in [0.5, 0.6) is 11.5 Å². The van der Waals surface area contributed by atoms with Gasteiger partial charge in [-0.2, -0.15) is 5.10 Å². The Morgan fingerprint density at radius 2 is 1.72 bits per heavy atom. The third kappa shape index (κ3) is 4.45. The number of piperazine rings is 1. The average Bonchev–Trinajstić information content (AvgIpc) is 3.05. The first-order valence-corrected chi connectivity index (χ1v) is 9.04. The van der Waals surface area contributed by atoms with E-state index in [1.165, 1.54) is 11.3 Å². The third-order valence-electron chi connectivity index (χ3n) is 4.44. The molecule has 1 aliphatic rings. The maximum Gasteiger partial charge on any atom is 0.161 e. The van der Waals surface area contributed by atoms with Crippen molar-refractivity contribution in [2.45, 2.75) is 20.4 Å². The lowest BCUT2D eigenvalue weighted by Gasteiger charge is -2.35. The lowest BCUT2D eigenvalue weighted by atomic mass is 10.1. The molecular weight excluding hydrogens is 316 g/mol. The molecule has 1 aromatic heterocycles. The summed E-state index contributed by atoms with van der Waals surface area (Å²) in [7, 11) is 1.96. The molecule has 0 saturated carbocycles. The highest BCUT2D eigenvalue weighted by atomic mass is 16.5. The predicted octanol–water partition coefficient (Wildman–Crippen LogP) is 2.54. The molecule has 2 aromatic rings. The van der Waals surface area contributed by atoms with E-state index in [9.17, 15) is 0 Å². The lowest BCUT2D eigenvalue weighted by molar-refractivity contribution is 0.248. The quantitative estimate of drug-likeness (QED) is 0.772. The van der Waals surface area contributed by atoms with Crippen molar-refractivity contribution in [3.8, 4) is 11.5 Å². The summed E-state index contributed by atoms with van der Waals surface area (Å²) in [6.45, 7) is 10.4. The number of rotatable bonds is 7. The highest BCUT2D eigenvalue weighted by Crippen LogP contribution is 2.29. The molecule has 0 amide bonds. The van der Waals surface area contributed by atoms with Gasteiger partial charge in [0.15, 0.2) is 11.5 Å². The monoisotopic (exact) mass is 344 g/mol. The zero-order valence-corrected chi connectivity index (χ0v) is 15.4. The van der Waals surface area contributed by atoms with Gasteiger partial charge >= 0.3 is 0 Å². The van der Waals surface area contributed by atoms with E-state index in [2.05, 4.69) is 33.2 Å². The molecule has 0 spiro atoms. The van der Waals surface area contributed by atoms with E-state index >= 15 is 0 Å². The van der Waals surface area contributed by atoms with E-state index < -0.39 is 0 Å². The van der Waals surface area contributed by atoms with Crippen LogP contribution in [0, 0.1) is 0 Å².